The fraction of sp³-hybridized carbons (Fsp3) is 0.200. The predicted octanol–water partition coefficient (Wildman–Crippen LogP) is 3.44. The zero-order valence-corrected chi connectivity index (χ0v) is 11.5. The van der Waals surface area contributed by atoms with Gasteiger partial charge in [-0.15, -0.1) is 0 Å². The number of carbonyl (C=O) groups is 1. The lowest BCUT2D eigenvalue weighted by Crippen LogP contribution is -2.05. The maximum Gasteiger partial charge on any atom is 0.339 e. The van der Waals surface area contributed by atoms with Crippen LogP contribution in [-0.4, -0.2) is 22.7 Å². The Morgan fingerprint density at radius 2 is 2.00 bits per heavy atom. The second-order valence-electron chi connectivity index (χ2n) is 4.25. The number of benzene rings is 1. The van der Waals surface area contributed by atoms with Gasteiger partial charge in [-0.1, -0.05) is 11.6 Å². The fourth-order valence-corrected chi connectivity index (χ4v) is 1.96. The lowest BCUT2D eigenvalue weighted by molar-refractivity contribution is 0.0692. The quantitative estimate of drug-likeness (QED) is 0.828. The highest BCUT2D eigenvalue weighted by atomic mass is 35.5. The number of nitrogens with zero attached hydrogens (tertiary/aromatic N) is 1. The summed E-state index contributed by atoms with van der Waals surface area (Å²) in [6, 6.07) is 8.40. The maximum absolute atomic E-state index is 11.1. The minimum absolute atomic E-state index is 0.123. The van der Waals surface area contributed by atoms with Gasteiger partial charge in [0.1, 0.15) is 11.3 Å². The van der Waals surface area contributed by atoms with Crippen molar-refractivity contribution < 1.29 is 14.6 Å². The molecular formula is C15H14ClNO3. The molecule has 1 aromatic heterocycles. The lowest BCUT2D eigenvalue weighted by atomic mass is 10.1. The maximum atomic E-state index is 11.1. The Hall–Kier alpha value is -2.07. The topological polar surface area (TPSA) is 59.4 Å². The van der Waals surface area contributed by atoms with E-state index in [1.54, 1.807) is 12.4 Å². The van der Waals surface area contributed by atoms with Crippen LogP contribution < -0.4 is 4.74 Å². The summed E-state index contributed by atoms with van der Waals surface area (Å²) in [5, 5.41) is 9.52. The summed E-state index contributed by atoms with van der Waals surface area (Å²) in [4.78, 5) is 15.0. The van der Waals surface area contributed by atoms with Crippen molar-refractivity contribution in [1.82, 2.24) is 4.98 Å². The summed E-state index contributed by atoms with van der Waals surface area (Å²) >= 11 is 5.85. The van der Waals surface area contributed by atoms with Crippen molar-refractivity contribution in [2.75, 3.05) is 6.61 Å². The number of aryl methyl sites for hydroxylation is 1. The molecule has 0 aliphatic heterocycles. The molecule has 20 heavy (non-hydrogen) atoms. The van der Waals surface area contributed by atoms with Crippen LogP contribution in [0, 0.1) is 0 Å². The normalized spacial score (nSPS) is 10.2. The lowest BCUT2D eigenvalue weighted by Gasteiger charge is -2.09. The minimum atomic E-state index is -1.02. The van der Waals surface area contributed by atoms with Crippen LogP contribution >= 0.6 is 11.6 Å². The van der Waals surface area contributed by atoms with Gasteiger partial charge < -0.3 is 9.84 Å². The molecule has 1 aromatic carbocycles. The monoisotopic (exact) mass is 291 g/mol. The van der Waals surface area contributed by atoms with Crippen LogP contribution in [0.2, 0.25) is 5.02 Å². The van der Waals surface area contributed by atoms with E-state index in [0.717, 1.165) is 12.8 Å². The Bertz CT molecular complexity index is 587. The second-order valence-corrected chi connectivity index (χ2v) is 4.69. The average molecular weight is 292 g/mol. The Morgan fingerprint density at radius 3 is 2.70 bits per heavy atom. The molecule has 0 atom stereocenters. The van der Waals surface area contributed by atoms with Crippen molar-refractivity contribution in [3.8, 4) is 5.75 Å². The van der Waals surface area contributed by atoms with Gasteiger partial charge in [-0.05, 0) is 48.7 Å². The molecule has 0 bridgehead atoms. The molecule has 104 valence electrons. The second kappa shape index (κ2) is 6.91. The van der Waals surface area contributed by atoms with E-state index in [4.69, 9.17) is 21.4 Å². The number of ether oxygens (including phenoxy) is 1. The molecule has 0 saturated carbocycles. The SMILES string of the molecule is O=C(O)c1ccc(Cl)cc1OCCCc1ccncc1. The third-order valence-electron chi connectivity index (χ3n) is 2.79. The molecule has 1 N–H and O–H groups in total. The van der Waals surface area contributed by atoms with Gasteiger partial charge in [0.2, 0.25) is 0 Å². The number of halogens is 1. The first-order valence-electron chi connectivity index (χ1n) is 6.21. The molecular weight excluding hydrogens is 278 g/mol. The first kappa shape index (κ1) is 14.3. The van der Waals surface area contributed by atoms with E-state index in [2.05, 4.69) is 4.98 Å². The Morgan fingerprint density at radius 1 is 1.25 bits per heavy atom. The van der Waals surface area contributed by atoms with Crippen molar-refractivity contribution in [3.05, 3.63) is 58.9 Å². The highest BCUT2D eigenvalue weighted by molar-refractivity contribution is 6.30. The zero-order valence-electron chi connectivity index (χ0n) is 10.8. The van der Waals surface area contributed by atoms with E-state index in [0.29, 0.717) is 17.4 Å². The van der Waals surface area contributed by atoms with Crippen LogP contribution in [0.3, 0.4) is 0 Å². The summed E-state index contributed by atoms with van der Waals surface area (Å²) in [7, 11) is 0. The van der Waals surface area contributed by atoms with Gasteiger partial charge >= 0.3 is 5.97 Å². The molecule has 4 nitrogen and oxygen atoms in total. The Balaban J connectivity index is 1.91. The van der Waals surface area contributed by atoms with E-state index in [1.807, 2.05) is 12.1 Å². The van der Waals surface area contributed by atoms with E-state index < -0.39 is 5.97 Å². The number of carboxylic acids is 1. The van der Waals surface area contributed by atoms with Gasteiger partial charge in [0, 0.05) is 17.4 Å². The number of aromatic carboxylic acids is 1. The van der Waals surface area contributed by atoms with Gasteiger partial charge in [0.15, 0.2) is 0 Å². The van der Waals surface area contributed by atoms with Gasteiger partial charge in [-0.3, -0.25) is 4.98 Å². The summed E-state index contributed by atoms with van der Waals surface area (Å²) in [6.45, 7) is 0.433. The molecule has 0 spiro atoms. The highest BCUT2D eigenvalue weighted by Gasteiger charge is 2.11. The van der Waals surface area contributed by atoms with E-state index in [-0.39, 0.29) is 5.56 Å². The van der Waals surface area contributed by atoms with E-state index in [9.17, 15) is 4.79 Å². The third-order valence-corrected chi connectivity index (χ3v) is 3.03. The summed E-state index contributed by atoms with van der Waals surface area (Å²) in [6.07, 6.45) is 5.13. The Kier molecular flexibility index (Phi) is 4.96. The first-order chi connectivity index (χ1) is 9.66. The van der Waals surface area contributed by atoms with Crippen molar-refractivity contribution in [2.45, 2.75) is 12.8 Å². The van der Waals surface area contributed by atoms with Crippen LogP contribution in [0.15, 0.2) is 42.7 Å². The molecule has 0 aliphatic rings. The third kappa shape index (κ3) is 3.96. The standard InChI is InChI=1S/C15H14ClNO3/c16-12-3-4-13(15(18)19)14(10-12)20-9-1-2-11-5-7-17-8-6-11/h3-8,10H,1-2,9H2,(H,18,19). The van der Waals surface area contributed by atoms with Crippen LogP contribution in [0.4, 0.5) is 0 Å². The Labute approximate surface area is 122 Å². The zero-order chi connectivity index (χ0) is 14.4. The van der Waals surface area contributed by atoms with Gasteiger partial charge in [0.05, 0.1) is 6.61 Å². The van der Waals surface area contributed by atoms with Gasteiger partial charge in [-0.2, -0.15) is 0 Å². The largest absolute Gasteiger partial charge is 0.493 e. The van der Waals surface area contributed by atoms with E-state index in [1.165, 1.54) is 23.8 Å². The van der Waals surface area contributed by atoms with Crippen LogP contribution in [-0.2, 0) is 6.42 Å². The van der Waals surface area contributed by atoms with Crippen molar-refractivity contribution in [3.63, 3.8) is 0 Å². The molecule has 0 unspecified atom stereocenters. The number of carboxylic acid groups (broad SMARTS) is 1. The van der Waals surface area contributed by atoms with Crippen molar-refractivity contribution >= 4 is 17.6 Å². The molecule has 0 radical (unpaired) electrons. The number of pyridine rings is 1. The summed E-state index contributed by atoms with van der Waals surface area (Å²) in [5.41, 5.74) is 1.30. The highest BCUT2D eigenvalue weighted by Crippen LogP contribution is 2.23. The van der Waals surface area contributed by atoms with Crippen molar-refractivity contribution in [1.29, 1.82) is 0 Å². The summed E-state index contributed by atoms with van der Waals surface area (Å²) in [5.74, 6) is -0.717. The molecule has 1 heterocycles. The van der Waals surface area contributed by atoms with Crippen LogP contribution in [0.1, 0.15) is 22.3 Å². The number of hydrogen-bond acceptors (Lipinski definition) is 3. The smallest absolute Gasteiger partial charge is 0.339 e. The summed E-state index contributed by atoms with van der Waals surface area (Å²) < 4.78 is 5.52. The van der Waals surface area contributed by atoms with E-state index >= 15 is 0 Å². The van der Waals surface area contributed by atoms with Crippen LogP contribution in [0.25, 0.3) is 0 Å². The molecule has 2 aromatic rings. The van der Waals surface area contributed by atoms with Crippen LogP contribution in [0.5, 0.6) is 5.75 Å². The predicted molar refractivity (Wildman–Crippen MR) is 76.5 cm³/mol. The molecule has 2 rings (SSSR count). The molecule has 0 saturated heterocycles. The number of rotatable bonds is 6. The molecule has 0 aliphatic carbocycles. The van der Waals surface area contributed by atoms with Gasteiger partial charge in [-0.25, -0.2) is 4.79 Å². The average Bonchev–Trinajstić information content (AvgIpc) is 2.44. The fourth-order valence-electron chi connectivity index (χ4n) is 1.80. The van der Waals surface area contributed by atoms with Crippen molar-refractivity contribution in [2.24, 2.45) is 0 Å². The minimum Gasteiger partial charge on any atom is -0.493 e. The molecule has 0 fully saturated rings. The number of aromatic nitrogens is 1. The first-order valence-corrected chi connectivity index (χ1v) is 6.59. The molecule has 5 heteroatoms. The molecule has 0 amide bonds. The number of hydrogen-bond donors (Lipinski definition) is 1. The van der Waals surface area contributed by atoms with Gasteiger partial charge in [0.25, 0.3) is 0 Å².